The Bertz CT molecular complexity index is 896. The highest BCUT2D eigenvalue weighted by atomic mass is 32.1. The Kier molecular flexibility index (Phi) is 7.44. The molecule has 0 aromatic rings. The van der Waals surface area contributed by atoms with Crippen LogP contribution in [-0.2, 0) is 9.53 Å². The van der Waals surface area contributed by atoms with E-state index in [0.717, 1.165) is 18.0 Å². The van der Waals surface area contributed by atoms with Crippen LogP contribution in [0.1, 0.15) is 111 Å². The average Bonchev–Trinajstić information content (AvgIpc) is 3.03. The molecule has 1 spiro atoms. The lowest BCUT2D eigenvalue weighted by Crippen LogP contribution is -2.58. The summed E-state index contributed by atoms with van der Waals surface area (Å²) in [5.74, 6) is 1.20. The predicted molar refractivity (Wildman–Crippen MR) is 154 cm³/mol. The number of hydrogen-bond acceptors (Lipinski definition) is 4. The summed E-state index contributed by atoms with van der Waals surface area (Å²) in [6, 6.07) is 1.45. The van der Waals surface area contributed by atoms with Crippen LogP contribution in [0.5, 0.6) is 0 Å². The molecule has 0 aromatic carbocycles. The molecule has 37 heavy (non-hydrogen) atoms. The highest BCUT2D eigenvalue weighted by molar-refractivity contribution is 7.80. The molecule has 0 aromatic heterocycles. The molecule has 0 saturated heterocycles. The zero-order valence-corrected chi connectivity index (χ0v) is 25.3. The summed E-state index contributed by atoms with van der Waals surface area (Å²) >= 11 is 5.97. The lowest BCUT2D eigenvalue weighted by molar-refractivity contribution is -0.187. The van der Waals surface area contributed by atoms with E-state index in [4.69, 9.17) is 17.0 Å². The van der Waals surface area contributed by atoms with Gasteiger partial charge in [-0.3, -0.25) is 4.79 Å². The van der Waals surface area contributed by atoms with E-state index in [1.807, 2.05) is 6.92 Å². The van der Waals surface area contributed by atoms with Crippen LogP contribution in [0, 0.1) is 33.5 Å². The third kappa shape index (κ3) is 4.54. The minimum atomic E-state index is -0.323. The summed E-state index contributed by atoms with van der Waals surface area (Å²) in [6.45, 7) is 9.74. The lowest BCUT2D eigenvalue weighted by Gasteiger charge is -2.64. The van der Waals surface area contributed by atoms with Crippen molar-refractivity contribution >= 4 is 23.3 Å². The highest BCUT2D eigenvalue weighted by Gasteiger charge is 2.68. The quantitative estimate of drug-likeness (QED) is 0.332. The fourth-order valence-corrected chi connectivity index (χ4v) is 11.1. The molecule has 5 fully saturated rings. The Balaban J connectivity index is 1.32. The normalized spacial score (nSPS) is 47.1. The molecule has 0 amide bonds. The summed E-state index contributed by atoms with van der Waals surface area (Å²) in [7, 11) is 4.41. The summed E-state index contributed by atoms with van der Waals surface area (Å²) < 4.78 is 5.66. The molecule has 2 bridgehead atoms. The van der Waals surface area contributed by atoms with Gasteiger partial charge in [0.25, 0.3) is 0 Å². The predicted octanol–water partition coefficient (Wildman–Crippen LogP) is 6.06. The fourth-order valence-electron chi connectivity index (χ4n) is 10.8. The van der Waals surface area contributed by atoms with E-state index in [-0.39, 0.29) is 16.8 Å². The number of carbonyl (C=O) groups is 1. The minimum absolute atomic E-state index is 0.0589. The van der Waals surface area contributed by atoms with Gasteiger partial charge in [-0.2, -0.15) is 0 Å². The molecule has 0 aliphatic heterocycles. The molecule has 2 N–H and O–H groups in total. The molecular formula is C31H53N3O2S. The maximum Gasteiger partial charge on any atom is 0.312 e. The molecular weight excluding hydrogens is 478 g/mol. The van der Waals surface area contributed by atoms with Crippen molar-refractivity contribution in [3.05, 3.63) is 0 Å². The summed E-state index contributed by atoms with van der Waals surface area (Å²) in [5.41, 5.74) is 0.595. The van der Waals surface area contributed by atoms with E-state index < -0.39 is 0 Å². The largest absolute Gasteiger partial charge is 0.466 e. The molecule has 9 atom stereocenters. The highest BCUT2D eigenvalue weighted by Crippen LogP contribution is 2.73. The van der Waals surface area contributed by atoms with Gasteiger partial charge in [0.05, 0.1) is 12.0 Å². The molecule has 0 radical (unpaired) electrons. The monoisotopic (exact) mass is 531 g/mol. The molecule has 5 saturated carbocycles. The van der Waals surface area contributed by atoms with Gasteiger partial charge in [0, 0.05) is 18.1 Å². The van der Waals surface area contributed by atoms with E-state index in [0.29, 0.717) is 47.4 Å². The van der Waals surface area contributed by atoms with Gasteiger partial charge in [0.2, 0.25) is 0 Å². The second-order valence-electron chi connectivity index (χ2n) is 14.7. The first-order valence-electron chi connectivity index (χ1n) is 15.4. The van der Waals surface area contributed by atoms with Gasteiger partial charge < -0.3 is 20.3 Å². The molecule has 5 aliphatic carbocycles. The van der Waals surface area contributed by atoms with Crippen molar-refractivity contribution in [2.24, 2.45) is 33.5 Å². The maximum atomic E-state index is 13.2. The molecule has 5 aliphatic rings. The molecule has 0 heterocycles. The Morgan fingerprint density at radius 2 is 1.68 bits per heavy atom. The Labute approximate surface area is 231 Å². The van der Waals surface area contributed by atoms with Crippen LogP contribution in [0.3, 0.4) is 0 Å². The summed E-state index contributed by atoms with van der Waals surface area (Å²) in [5, 5.41) is 8.52. The first-order valence-corrected chi connectivity index (χ1v) is 15.8. The van der Waals surface area contributed by atoms with E-state index in [9.17, 15) is 4.79 Å². The van der Waals surface area contributed by atoms with Crippen molar-refractivity contribution in [2.45, 2.75) is 129 Å². The summed E-state index contributed by atoms with van der Waals surface area (Å²) in [6.07, 6.45) is 16.0. The van der Waals surface area contributed by atoms with Crippen molar-refractivity contribution in [1.29, 1.82) is 0 Å². The van der Waals surface area contributed by atoms with Crippen LogP contribution in [0.2, 0.25) is 0 Å². The van der Waals surface area contributed by atoms with E-state index in [1.165, 1.54) is 70.6 Å². The second kappa shape index (κ2) is 9.94. The van der Waals surface area contributed by atoms with Crippen LogP contribution in [0.4, 0.5) is 0 Å². The van der Waals surface area contributed by atoms with Gasteiger partial charge in [-0.1, -0.05) is 33.1 Å². The number of rotatable bonds is 5. The van der Waals surface area contributed by atoms with E-state index in [1.54, 1.807) is 0 Å². The van der Waals surface area contributed by atoms with Gasteiger partial charge in [-0.15, -0.1) is 0 Å². The SMILES string of the molecule is CCOC(=O)[C@]1(C)CCC[C@@]2(C)[C@@H]3CC[C@@]4(C)C[C@]3(CC[C@@H]21)C[C@H]4NC(=S)N[C@@H]1CCCC[C@H]1N(C)C. The number of nitrogens with one attached hydrogen (secondary N) is 2. The van der Waals surface area contributed by atoms with Crippen molar-refractivity contribution < 1.29 is 9.53 Å². The topological polar surface area (TPSA) is 53.6 Å². The number of ether oxygens (including phenoxy) is 1. The molecule has 0 unspecified atom stereocenters. The molecule has 5 rings (SSSR count). The fraction of sp³-hybridized carbons (Fsp3) is 0.935. The number of carbonyl (C=O) groups excluding carboxylic acids is 1. The zero-order valence-electron chi connectivity index (χ0n) is 24.5. The Hall–Kier alpha value is -0.880. The number of esters is 1. The van der Waals surface area contributed by atoms with Crippen LogP contribution in [0.25, 0.3) is 0 Å². The van der Waals surface area contributed by atoms with Gasteiger partial charge in [-0.05, 0) is 132 Å². The Morgan fingerprint density at radius 3 is 2.41 bits per heavy atom. The Morgan fingerprint density at radius 1 is 0.946 bits per heavy atom. The number of fused-ring (bicyclic) bond motifs is 3. The zero-order chi connectivity index (χ0) is 26.6. The summed E-state index contributed by atoms with van der Waals surface area (Å²) in [4.78, 5) is 15.6. The number of hydrogen-bond donors (Lipinski definition) is 2. The van der Waals surface area contributed by atoms with Gasteiger partial charge in [-0.25, -0.2) is 0 Å². The van der Waals surface area contributed by atoms with Crippen LogP contribution < -0.4 is 10.6 Å². The van der Waals surface area contributed by atoms with Crippen molar-refractivity contribution in [3.63, 3.8) is 0 Å². The number of thiocarbonyl (C=S) groups is 1. The first-order chi connectivity index (χ1) is 17.5. The van der Waals surface area contributed by atoms with Crippen LogP contribution in [0.15, 0.2) is 0 Å². The number of likely N-dealkylation sites (N-methyl/N-ethyl adjacent to an activating group) is 1. The third-order valence-corrected chi connectivity index (χ3v) is 12.6. The van der Waals surface area contributed by atoms with Crippen molar-refractivity contribution in [3.8, 4) is 0 Å². The smallest absolute Gasteiger partial charge is 0.312 e. The number of nitrogens with zero attached hydrogens (tertiary/aromatic N) is 1. The van der Waals surface area contributed by atoms with Crippen LogP contribution >= 0.6 is 12.2 Å². The third-order valence-electron chi connectivity index (χ3n) is 12.4. The minimum Gasteiger partial charge on any atom is -0.466 e. The van der Waals surface area contributed by atoms with Gasteiger partial charge in [0.1, 0.15) is 0 Å². The van der Waals surface area contributed by atoms with Crippen molar-refractivity contribution in [2.75, 3.05) is 20.7 Å². The van der Waals surface area contributed by atoms with E-state index >= 15 is 0 Å². The molecule has 6 heteroatoms. The first kappa shape index (κ1) is 27.7. The van der Waals surface area contributed by atoms with Gasteiger partial charge in [0.15, 0.2) is 5.11 Å². The lowest BCUT2D eigenvalue weighted by atomic mass is 9.40. The van der Waals surface area contributed by atoms with Crippen LogP contribution in [-0.4, -0.2) is 54.8 Å². The molecule has 210 valence electrons. The molecule has 5 nitrogen and oxygen atoms in total. The second-order valence-corrected chi connectivity index (χ2v) is 15.1. The standard InChI is InChI=1S/C31H53N3O2S/c1-7-36-26(35)30(4)16-10-15-29(3)23(30)14-18-31-19-25(28(2,20-31)17-13-24(29)31)33-27(37)32-21-11-8-9-12-22(21)34(5)6/h21-25H,7-20H2,1-6H3,(H2,32,33,37)/t21-,22-,23+,24+,25-,28+,29-,30-,31+/m1/s1. The van der Waals surface area contributed by atoms with Crippen molar-refractivity contribution in [1.82, 2.24) is 15.5 Å². The maximum absolute atomic E-state index is 13.2. The van der Waals surface area contributed by atoms with Gasteiger partial charge >= 0.3 is 5.97 Å². The average molecular weight is 532 g/mol. The van der Waals surface area contributed by atoms with E-state index in [2.05, 4.69) is 50.4 Å².